The number of aryl methyl sites for hydroxylation is 1. The predicted molar refractivity (Wildman–Crippen MR) is 86.1 cm³/mol. The second kappa shape index (κ2) is 8.66. The summed E-state index contributed by atoms with van der Waals surface area (Å²) in [5.41, 5.74) is 1.06. The van der Waals surface area contributed by atoms with E-state index in [4.69, 9.17) is 14.2 Å². The fraction of sp³-hybridized carbons (Fsp3) is 0.375. The summed E-state index contributed by atoms with van der Waals surface area (Å²) in [6.45, 7) is 0.177. The van der Waals surface area contributed by atoms with Crippen LogP contribution in [-0.2, 0) is 17.8 Å². The summed E-state index contributed by atoms with van der Waals surface area (Å²) in [6, 6.07) is 7.91. The minimum absolute atomic E-state index is 0.0934. The molecule has 8 heteroatoms. The number of hydrogen-bond donors (Lipinski definition) is 1. The molecule has 0 atom stereocenters. The van der Waals surface area contributed by atoms with Crippen molar-refractivity contribution in [1.29, 1.82) is 0 Å². The Morgan fingerprint density at radius 2 is 1.58 bits per heavy atom. The van der Waals surface area contributed by atoms with E-state index in [1.807, 2.05) is 24.3 Å². The Morgan fingerprint density at radius 1 is 0.958 bits per heavy atom. The second-order valence-electron chi connectivity index (χ2n) is 4.85. The Balaban J connectivity index is 1.84. The maximum atomic E-state index is 12.0. The van der Waals surface area contributed by atoms with Gasteiger partial charge in [0.15, 0.2) is 5.82 Å². The van der Waals surface area contributed by atoms with E-state index < -0.39 is 0 Å². The Hall–Kier alpha value is -2.90. The van der Waals surface area contributed by atoms with Crippen molar-refractivity contribution in [1.82, 2.24) is 20.3 Å². The molecule has 2 aromatic rings. The highest BCUT2D eigenvalue weighted by atomic mass is 16.5. The van der Waals surface area contributed by atoms with Gasteiger partial charge in [-0.1, -0.05) is 12.1 Å². The monoisotopic (exact) mass is 332 g/mol. The van der Waals surface area contributed by atoms with Gasteiger partial charge in [0.2, 0.25) is 5.91 Å². The summed E-state index contributed by atoms with van der Waals surface area (Å²) in [5, 5.41) is 2.77. The zero-order valence-electron chi connectivity index (χ0n) is 13.9. The highest BCUT2D eigenvalue weighted by molar-refractivity contribution is 5.76. The van der Waals surface area contributed by atoms with E-state index in [0.29, 0.717) is 18.7 Å². The van der Waals surface area contributed by atoms with Gasteiger partial charge in [-0.05, 0) is 24.1 Å². The molecule has 0 radical (unpaired) electrons. The van der Waals surface area contributed by atoms with Crippen molar-refractivity contribution in [2.75, 3.05) is 21.3 Å². The van der Waals surface area contributed by atoms with Crippen LogP contribution >= 0.6 is 0 Å². The first-order valence-electron chi connectivity index (χ1n) is 7.37. The van der Waals surface area contributed by atoms with E-state index in [2.05, 4.69) is 20.3 Å². The van der Waals surface area contributed by atoms with Gasteiger partial charge in [-0.2, -0.15) is 9.97 Å². The molecule has 24 heavy (non-hydrogen) atoms. The number of rotatable bonds is 8. The third kappa shape index (κ3) is 5.08. The lowest BCUT2D eigenvalue weighted by Crippen LogP contribution is -2.24. The van der Waals surface area contributed by atoms with Crippen LogP contribution in [0.25, 0.3) is 0 Å². The van der Waals surface area contributed by atoms with Crippen LogP contribution in [0.3, 0.4) is 0 Å². The largest absolute Gasteiger partial charge is 0.497 e. The molecule has 0 spiro atoms. The molecule has 0 saturated carbocycles. The lowest BCUT2D eigenvalue weighted by molar-refractivity contribution is -0.121. The standard InChI is InChI=1S/C16H20N4O4/c1-22-12-7-4-11(5-8-12)6-9-14(21)17-10-13-18-15(23-2)20-16(19-13)24-3/h4-5,7-8H,6,9-10H2,1-3H3,(H,17,21). The van der Waals surface area contributed by atoms with E-state index in [9.17, 15) is 4.79 Å². The Kier molecular flexibility index (Phi) is 6.30. The van der Waals surface area contributed by atoms with Crippen LogP contribution in [0, 0.1) is 0 Å². The van der Waals surface area contributed by atoms with E-state index in [-0.39, 0.29) is 24.5 Å². The van der Waals surface area contributed by atoms with Crippen LogP contribution < -0.4 is 19.5 Å². The summed E-state index contributed by atoms with van der Waals surface area (Å²) in [5.74, 6) is 1.07. The van der Waals surface area contributed by atoms with Crippen LogP contribution in [0.15, 0.2) is 24.3 Å². The average Bonchev–Trinajstić information content (AvgIpc) is 2.64. The number of methoxy groups -OCH3 is 3. The van der Waals surface area contributed by atoms with Gasteiger partial charge in [0.25, 0.3) is 0 Å². The lowest BCUT2D eigenvalue weighted by Gasteiger charge is -2.07. The van der Waals surface area contributed by atoms with Gasteiger partial charge in [-0.3, -0.25) is 4.79 Å². The number of carbonyl (C=O) groups is 1. The van der Waals surface area contributed by atoms with E-state index in [1.165, 1.54) is 14.2 Å². The minimum atomic E-state index is -0.0934. The molecule has 1 amide bonds. The number of ether oxygens (including phenoxy) is 3. The molecule has 8 nitrogen and oxygen atoms in total. The number of amides is 1. The summed E-state index contributed by atoms with van der Waals surface area (Å²) < 4.78 is 15.0. The second-order valence-corrected chi connectivity index (χ2v) is 4.85. The van der Waals surface area contributed by atoms with Gasteiger partial charge in [-0.15, -0.1) is 4.98 Å². The van der Waals surface area contributed by atoms with E-state index in [0.717, 1.165) is 11.3 Å². The number of benzene rings is 1. The summed E-state index contributed by atoms with van der Waals surface area (Å²) in [6.07, 6.45) is 1.01. The third-order valence-corrected chi connectivity index (χ3v) is 3.25. The summed E-state index contributed by atoms with van der Waals surface area (Å²) in [7, 11) is 4.52. The molecule has 128 valence electrons. The van der Waals surface area contributed by atoms with Gasteiger partial charge in [-0.25, -0.2) is 0 Å². The Morgan fingerprint density at radius 3 is 2.12 bits per heavy atom. The van der Waals surface area contributed by atoms with E-state index in [1.54, 1.807) is 7.11 Å². The maximum Gasteiger partial charge on any atom is 0.322 e. The molecule has 0 saturated heterocycles. The molecule has 0 unspecified atom stereocenters. The fourth-order valence-corrected chi connectivity index (χ4v) is 1.96. The van der Waals surface area contributed by atoms with Crippen LogP contribution in [0.4, 0.5) is 0 Å². The molecule has 0 aliphatic heterocycles. The topological polar surface area (TPSA) is 95.5 Å². The molecule has 0 aliphatic carbocycles. The minimum Gasteiger partial charge on any atom is -0.497 e. The SMILES string of the molecule is COc1ccc(CCC(=O)NCc2nc(OC)nc(OC)n2)cc1. The molecular formula is C16H20N4O4. The van der Waals surface area contributed by atoms with Crippen molar-refractivity contribution in [3.05, 3.63) is 35.7 Å². The number of aromatic nitrogens is 3. The van der Waals surface area contributed by atoms with E-state index >= 15 is 0 Å². The van der Waals surface area contributed by atoms with Crippen molar-refractivity contribution >= 4 is 5.91 Å². The molecule has 0 aliphatic rings. The van der Waals surface area contributed by atoms with Crippen LogP contribution in [0.5, 0.6) is 17.8 Å². The summed E-state index contributed by atoms with van der Waals surface area (Å²) >= 11 is 0. The van der Waals surface area contributed by atoms with Crippen molar-refractivity contribution < 1.29 is 19.0 Å². The molecular weight excluding hydrogens is 312 g/mol. The van der Waals surface area contributed by atoms with Crippen molar-refractivity contribution in [3.63, 3.8) is 0 Å². The highest BCUT2D eigenvalue weighted by Crippen LogP contribution is 2.12. The molecule has 0 bridgehead atoms. The zero-order valence-corrected chi connectivity index (χ0v) is 13.9. The van der Waals surface area contributed by atoms with Crippen molar-refractivity contribution in [2.45, 2.75) is 19.4 Å². The maximum absolute atomic E-state index is 12.0. The van der Waals surface area contributed by atoms with Gasteiger partial charge in [0.05, 0.1) is 27.9 Å². The molecule has 1 N–H and O–H groups in total. The smallest absolute Gasteiger partial charge is 0.322 e. The highest BCUT2D eigenvalue weighted by Gasteiger charge is 2.09. The number of carbonyl (C=O) groups excluding carboxylic acids is 1. The zero-order chi connectivity index (χ0) is 17.4. The van der Waals surface area contributed by atoms with Crippen LogP contribution in [0.1, 0.15) is 17.8 Å². The number of nitrogens with one attached hydrogen (secondary N) is 1. The van der Waals surface area contributed by atoms with Crippen LogP contribution in [-0.4, -0.2) is 42.2 Å². The van der Waals surface area contributed by atoms with Crippen molar-refractivity contribution in [2.24, 2.45) is 0 Å². The predicted octanol–water partition coefficient (Wildman–Crippen LogP) is 1.15. The molecule has 0 fully saturated rings. The van der Waals surface area contributed by atoms with Gasteiger partial charge >= 0.3 is 12.0 Å². The first kappa shape index (κ1) is 17.5. The quantitative estimate of drug-likeness (QED) is 0.774. The third-order valence-electron chi connectivity index (χ3n) is 3.25. The summed E-state index contributed by atoms with van der Waals surface area (Å²) in [4.78, 5) is 24.0. The molecule has 1 aromatic carbocycles. The first-order chi connectivity index (χ1) is 11.6. The molecule has 1 heterocycles. The number of nitrogens with zero attached hydrogens (tertiary/aromatic N) is 3. The van der Waals surface area contributed by atoms with Crippen molar-refractivity contribution in [3.8, 4) is 17.8 Å². The average molecular weight is 332 g/mol. The van der Waals surface area contributed by atoms with Gasteiger partial charge in [0.1, 0.15) is 5.75 Å². The number of hydrogen-bond acceptors (Lipinski definition) is 7. The Bertz CT molecular complexity index is 654. The molecule has 2 rings (SSSR count). The Labute approximate surface area is 140 Å². The normalized spacial score (nSPS) is 10.1. The fourth-order valence-electron chi connectivity index (χ4n) is 1.96. The van der Waals surface area contributed by atoms with Gasteiger partial charge < -0.3 is 19.5 Å². The van der Waals surface area contributed by atoms with Gasteiger partial charge in [0, 0.05) is 6.42 Å². The molecule has 1 aromatic heterocycles. The lowest BCUT2D eigenvalue weighted by atomic mass is 10.1. The first-order valence-corrected chi connectivity index (χ1v) is 7.37. The van der Waals surface area contributed by atoms with Crippen LogP contribution in [0.2, 0.25) is 0 Å².